The Labute approximate surface area is 59.6 Å². The molecule has 0 bridgehead atoms. The molecule has 1 N–H and O–H groups in total. The minimum absolute atomic E-state index is 0.268. The minimum atomic E-state index is -0.444. The molecule has 0 radical (unpaired) electrons. The summed E-state index contributed by atoms with van der Waals surface area (Å²) in [5, 5.41) is 3.70. The Balaban J connectivity index is 3.56. The molecule has 0 unspecified atom stereocenters. The average Bonchev–Trinajstić information content (AvgIpc) is 2.13. The van der Waals surface area contributed by atoms with Gasteiger partial charge in [-0.15, -0.1) is 0 Å². The zero-order valence-corrected chi connectivity index (χ0v) is 4.54. The molecule has 0 atom stereocenters. The zero-order chi connectivity index (χ0) is 10.2. The van der Waals surface area contributed by atoms with E-state index in [4.69, 9.17) is 18.5 Å². The number of hydrogen-bond acceptors (Lipinski definition) is 1. The molecule has 0 aliphatic heterocycles. The van der Waals surface area contributed by atoms with Crippen LogP contribution in [-0.4, -0.2) is 6.54 Å². The van der Waals surface area contributed by atoms with Gasteiger partial charge in [-0.25, -0.2) is 0 Å². The smallest absolute Gasteiger partial charge is 0.293 e. The van der Waals surface area contributed by atoms with Crippen molar-refractivity contribution in [2.24, 2.45) is 0 Å². The molecule has 0 spiro atoms. The molecule has 0 amide bonds. The van der Waals surface area contributed by atoms with Crippen molar-refractivity contribution in [2.75, 3.05) is 0 Å². The Morgan fingerprint density at radius 1 is 1.50 bits per heavy atom. The van der Waals surface area contributed by atoms with Crippen molar-refractivity contribution in [2.45, 2.75) is 0 Å². The SMILES string of the molecule is [2H]Oc1c([2H])c([2H])c(Cl)c([2H])c1[2H]. The van der Waals surface area contributed by atoms with Gasteiger partial charge in [0.2, 0.25) is 0 Å². The maximum atomic E-state index is 7.25. The summed E-state index contributed by atoms with van der Waals surface area (Å²) in [5.74, 6) is -0.417. The van der Waals surface area contributed by atoms with Gasteiger partial charge in [-0.1, -0.05) is 11.6 Å². The first kappa shape index (κ1) is 1.92. The molecule has 2 heteroatoms. The maximum absolute atomic E-state index is 7.25. The molecule has 0 aliphatic rings. The third kappa shape index (κ3) is 1.14. The van der Waals surface area contributed by atoms with Crippen molar-refractivity contribution in [1.29, 1.82) is 1.43 Å². The first-order valence-electron chi connectivity index (χ1n) is 4.30. The van der Waals surface area contributed by atoms with Crippen LogP contribution in [0.3, 0.4) is 0 Å². The summed E-state index contributed by atoms with van der Waals surface area (Å²) in [4.78, 5) is 0. The molecule has 0 saturated heterocycles. The Morgan fingerprint density at radius 3 is 2.62 bits per heavy atom. The van der Waals surface area contributed by atoms with Crippen molar-refractivity contribution < 1.29 is 10.6 Å². The molecule has 8 heavy (non-hydrogen) atoms. The molecule has 1 rings (SSSR count). The summed E-state index contributed by atoms with van der Waals surface area (Å²) in [6.45, 7) is 0. The van der Waals surface area contributed by atoms with Crippen molar-refractivity contribution >= 4 is 11.6 Å². The van der Waals surface area contributed by atoms with Crippen LogP contribution in [0, 0.1) is 0 Å². The van der Waals surface area contributed by atoms with Crippen molar-refractivity contribution in [3.63, 3.8) is 0 Å². The van der Waals surface area contributed by atoms with E-state index < -0.39 is 29.9 Å². The van der Waals surface area contributed by atoms with Crippen LogP contribution in [0.2, 0.25) is 5.02 Å². The number of rotatable bonds is 1. The number of phenolic OH excluding ortho intramolecular Hbond substituents is 1. The van der Waals surface area contributed by atoms with E-state index in [1.54, 1.807) is 0 Å². The first-order valence-corrected chi connectivity index (χ1v) is 2.27. The Morgan fingerprint density at radius 2 is 2.12 bits per heavy atom. The second-order valence-corrected chi connectivity index (χ2v) is 1.52. The van der Waals surface area contributed by atoms with Crippen LogP contribution in [0.15, 0.2) is 24.2 Å². The Hall–Kier alpha value is -0.690. The fourth-order valence-electron chi connectivity index (χ4n) is 0.286. The number of aromatic hydroxyl groups is 1. The maximum Gasteiger partial charge on any atom is 0.293 e. The highest BCUT2D eigenvalue weighted by molar-refractivity contribution is 6.30. The van der Waals surface area contributed by atoms with Gasteiger partial charge in [0.05, 0.1) is 5.48 Å². The highest BCUT2D eigenvalue weighted by Gasteiger charge is 1.84. The van der Waals surface area contributed by atoms with Gasteiger partial charge in [0.15, 0.2) is 0 Å². The molecule has 1 nitrogen and oxygen atoms in total. The van der Waals surface area contributed by atoms with Crippen LogP contribution in [0.25, 0.3) is 0 Å². The molecule has 0 saturated carbocycles. The summed E-state index contributed by atoms with van der Waals surface area (Å²) in [6, 6.07) is -1.68. The number of phenols is 1. The van der Waals surface area contributed by atoms with E-state index >= 15 is 0 Å². The van der Waals surface area contributed by atoms with Gasteiger partial charge >= 0.3 is 0 Å². The van der Waals surface area contributed by atoms with Gasteiger partial charge < -0.3 is 5.11 Å². The highest BCUT2D eigenvalue weighted by Crippen LogP contribution is 2.12. The van der Waals surface area contributed by atoms with Crippen LogP contribution in [-0.2, 0) is 0 Å². The lowest BCUT2D eigenvalue weighted by Gasteiger charge is -1.87. The van der Waals surface area contributed by atoms with Crippen LogP contribution in [0.5, 0.6) is 5.75 Å². The lowest BCUT2D eigenvalue weighted by atomic mass is 10.3. The fraction of sp³-hybridized carbons (Fsp3) is 0. The minimum Gasteiger partial charge on any atom is -0.508 e. The lowest BCUT2D eigenvalue weighted by molar-refractivity contribution is 0.475. The molecule has 0 aromatic heterocycles. The van der Waals surface area contributed by atoms with Crippen molar-refractivity contribution in [3.8, 4) is 5.75 Å². The predicted octanol–water partition coefficient (Wildman–Crippen LogP) is 2.05. The molecule has 0 fully saturated rings. The van der Waals surface area contributed by atoms with Crippen molar-refractivity contribution in [1.82, 2.24) is 0 Å². The second kappa shape index (κ2) is 2.05. The van der Waals surface area contributed by atoms with Gasteiger partial charge in [0.1, 0.15) is 5.75 Å². The molecular formula is C6H5ClO. The van der Waals surface area contributed by atoms with Crippen molar-refractivity contribution in [3.05, 3.63) is 29.2 Å². The van der Waals surface area contributed by atoms with Gasteiger partial charge in [-0.3, -0.25) is 0 Å². The molecule has 1 aromatic carbocycles. The topological polar surface area (TPSA) is 20.2 Å². The largest absolute Gasteiger partial charge is 0.508 e. The number of halogens is 1. The molecule has 0 aliphatic carbocycles. The van der Waals surface area contributed by atoms with E-state index in [0.29, 0.717) is 0 Å². The number of benzene rings is 1. The van der Waals surface area contributed by atoms with Gasteiger partial charge in [-0.05, 0) is 24.2 Å². The quantitative estimate of drug-likeness (QED) is 0.622. The van der Waals surface area contributed by atoms with Crippen LogP contribution in [0.1, 0.15) is 5.48 Å². The van der Waals surface area contributed by atoms with Crippen LogP contribution >= 0.6 is 11.6 Å². The summed E-state index contributed by atoms with van der Waals surface area (Å²) >= 11 is 5.49. The van der Waals surface area contributed by atoms with Crippen LogP contribution < -0.4 is 0 Å². The third-order valence-electron chi connectivity index (χ3n) is 0.572. The van der Waals surface area contributed by atoms with E-state index in [1.165, 1.54) is 0 Å². The van der Waals surface area contributed by atoms with E-state index in [0.717, 1.165) is 0 Å². The first-order chi connectivity index (χ1) is 6.00. The number of hydrogen-bond donors (Lipinski definition) is 1. The predicted molar refractivity (Wildman–Crippen MR) is 33.1 cm³/mol. The molecule has 42 valence electrons. The van der Waals surface area contributed by atoms with E-state index in [-0.39, 0.29) is 5.02 Å². The normalized spacial score (nSPS) is 17.4. The Bertz CT molecular complexity index is 324. The van der Waals surface area contributed by atoms with E-state index in [9.17, 15) is 0 Å². The second-order valence-electron chi connectivity index (χ2n) is 1.14. The van der Waals surface area contributed by atoms with Crippen LogP contribution in [0.4, 0.5) is 0 Å². The van der Waals surface area contributed by atoms with E-state index in [1.807, 2.05) is 0 Å². The van der Waals surface area contributed by atoms with Gasteiger partial charge in [-0.2, -0.15) is 0 Å². The average molecular weight is 134 g/mol. The Kier molecular flexibility index (Phi) is 0.493. The monoisotopic (exact) mass is 133 g/mol. The van der Waals surface area contributed by atoms with E-state index in [2.05, 4.69) is 5.11 Å². The molecule has 0 heterocycles. The molecular weight excluding hydrogens is 124 g/mol. The lowest BCUT2D eigenvalue weighted by Crippen LogP contribution is -1.61. The highest BCUT2D eigenvalue weighted by atomic mass is 35.5. The summed E-state index contributed by atoms with van der Waals surface area (Å²) in [6.07, 6.45) is 0. The van der Waals surface area contributed by atoms with Gasteiger partial charge in [0, 0.05) is 5.02 Å². The fourth-order valence-corrected chi connectivity index (χ4v) is 0.380. The standard InChI is InChI=1S/C6H5ClO/c7-5-1-3-6(8)4-2-5/h1-4,8H/i1D,2D,3D,4D/hD. The summed E-state index contributed by atoms with van der Waals surface area (Å²) in [7, 11) is 0. The summed E-state index contributed by atoms with van der Waals surface area (Å²) < 4.78 is 35.5. The van der Waals surface area contributed by atoms with Gasteiger partial charge in [0.25, 0.3) is 1.43 Å². The third-order valence-corrected chi connectivity index (χ3v) is 0.761. The summed E-state index contributed by atoms with van der Waals surface area (Å²) in [5.41, 5.74) is 0. The zero-order valence-electron chi connectivity index (χ0n) is 8.79. The molecule has 1 aromatic rings.